The summed E-state index contributed by atoms with van der Waals surface area (Å²) >= 11 is 0. The van der Waals surface area contributed by atoms with Gasteiger partial charge in [0.25, 0.3) is 0 Å². The molecule has 3 aromatic rings. The fourth-order valence-electron chi connectivity index (χ4n) is 5.46. The molecule has 0 aliphatic heterocycles. The molecule has 0 aliphatic rings. The number of hydrogen-bond acceptors (Lipinski definition) is 5. The third-order valence-corrected chi connectivity index (χ3v) is 7.91. The number of rotatable bonds is 14. The fraction of sp³-hybridized carbons (Fsp3) is 0.432. The Bertz CT molecular complexity index is 1370. The van der Waals surface area contributed by atoms with Crippen LogP contribution in [0.25, 0.3) is 11.1 Å². The molecule has 0 heterocycles. The van der Waals surface area contributed by atoms with Gasteiger partial charge in [-0.2, -0.15) is 0 Å². The highest BCUT2D eigenvalue weighted by atomic mass is 16.6. The molecule has 0 fully saturated rings. The van der Waals surface area contributed by atoms with Crippen molar-refractivity contribution < 1.29 is 23.9 Å². The topological polar surface area (TPSA) is 93.7 Å². The van der Waals surface area contributed by atoms with Crippen LogP contribution in [0.15, 0.2) is 78.9 Å². The quantitative estimate of drug-likeness (QED) is 0.204. The summed E-state index contributed by atoms with van der Waals surface area (Å²) in [4.78, 5) is 40.3. The van der Waals surface area contributed by atoms with Crippen molar-refractivity contribution in [3.8, 4) is 11.1 Å². The molecule has 4 atom stereocenters. The van der Waals surface area contributed by atoms with Crippen molar-refractivity contribution in [2.45, 2.75) is 79.0 Å². The van der Waals surface area contributed by atoms with Crippen LogP contribution in [0.5, 0.6) is 0 Å². The number of carbonyl (C=O) groups is 3. The molecule has 3 rings (SSSR count). The highest BCUT2D eigenvalue weighted by Crippen LogP contribution is 2.27. The number of methoxy groups -OCH3 is 1. The first kappa shape index (κ1) is 34.5. The van der Waals surface area contributed by atoms with E-state index in [-0.39, 0.29) is 18.6 Å². The molecule has 0 aromatic heterocycles. The number of hydrogen-bond donors (Lipinski definition) is 2. The molecule has 236 valence electrons. The Labute approximate surface area is 262 Å². The Morgan fingerprint density at radius 1 is 0.864 bits per heavy atom. The molecule has 0 aliphatic carbocycles. The van der Waals surface area contributed by atoms with Gasteiger partial charge in [-0.05, 0) is 73.3 Å². The van der Waals surface area contributed by atoms with Gasteiger partial charge in [0.05, 0.1) is 19.1 Å². The predicted molar refractivity (Wildman–Crippen MR) is 175 cm³/mol. The average molecular weight is 601 g/mol. The Morgan fingerprint density at radius 3 is 2.07 bits per heavy atom. The summed E-state index contributed by atoms with van der Waals surface area (Å²) in [7, 11) is 1.29. The first-order valence-electron chi connectivity index (χ1n) is 15.5. The lowest BCUT2D eigenvalue weighted by molar-refractivity contribution is -0.161. The van der Waals surface area contributed by atoms with Gasteiger partial charge in [0, 0.05) is 6.61 Å². The van der Waals surface area contributed by atoms with Crippen LogP contribution in [0.4, 0.5) is 0 Å². The van der Waals surface area contributed by atoms with E-state index in [0.29, 0.717) is 12.8 Å². The van der Waals surface area contributed by atoms with Crippen LogP contribution >= 0.6 is 0 Å². The standard InChI is InChI=1S/C37H48N2O5/c1-8-44-32(36(42)43-7)31(21-15-16-27-22-23-30(25(2)24-27)29-19-13-10-14-20-29)34(40)39-33(37(4,5)6)35(41)38-26(3)28-17-11-9-12-18-28/h9-14,17-20,22-24,26,31-33H,8,15-16,21H2,1-7H3,(H,38,41)(H,39,40)/t26?,31-,32?,33-/m1/s1. The Morgan fingerprint density at radius 2 is 1.50 bits per heavy atom. The van der Waals surface area contributed by atoms with Gasteiger partial charge in [-0.3, -0.25) is 9.59 Å². The molecule has 0 bridgehead atoms. The average Bonchev–Trinajstić information content (AvgIpc) is 3.00. The maximum Gasteiger partial charge on any atom is 0.335 e. The van der Waals surface area contributed by atoms with Gasteiger partial charge in [-0.15, -0.1) is 0 Å². The lowest BCUT2D eigenvalue weighted by Crippen LogP contribution is -2.56. The Kier molecular flexibility index (Phi) is 12.7. The van der Waals surface area contributed by atoms with Crippen molar-refractivity contribution >= 4 is 17.8 Å². The lowest BCUT2D eigenvalue weighted by Gasteiger charge is -2.33. The number of benzene rings is 3. The van der Waals surface area contributed by atoms with E-state index in [1.165, 1.54) is 23.8 Å². The summed E-state index contributed by atoms with van der Waals surface area (Å²) in [5.74, 6) is -2.14. The third kappa shape index (κ3) is 9.52. The predicted octanol–water partition coefficient (Wildman–Crippen LogP) is 6.59. The normalized spacial score (nSPS) is 14.2. The zero-order chi connectivity index (χ0) is 32.3. The number of ether oxygens (including phenoxy) is 2. The molecule has 7 heteroatoms. The third-order valence-electron chi connectivity index (χ3n) is 7.91. The number of aryl methyl sites for hydroxylation is 2. The van der Waals surface area contributed by atoms with Crippen LogP contribution in [0.2, 0.25) is 0 Å². The molecular weight excluding hydrogens is 552 g/mol. The smallest absolute Gasteiger partial charge is 0.335 e. The lowest BCUT2D eigenvalue weighted by atomic mass is 9.84. The minimum absolute atomic E-state index is 0.238. The van der Waals surface area contributed by atoms with E-state index >= 15 is 0 Å². The van der Waals surface area contributed by atoms with Crippen LogP contribution in [0, 0.1) is 18.3 Å². The number of carbonyl (C=O) groups excluding carboxylic acids is 3. The molecule has 44 heavy (non-hydrogen) atoms. The first-order chi connectivity index (χ1) is 21.0. The summed E-state index contributed by atoms with van der Waals surface area (Å²) in [6, 6.07) is 25.3. The molecular formula is C37H48N2O5. The largest absolute Gasteiger partial charge is 0.467 e. The Hall–Kier alpha value is -3.97. The fourth-order valence-corrected chi connectivity index (χ4v) is 5.46. The monoisotopic (exact) mass is 600 g/mol. The van der Waals surface area contributed by atoms with Gasteiger partial charge in [-0.25, -0.2) is 4.79 Å². The van der Waals surface area contributed by atoms with Crippen molar-refractivity contribution in [1.82, 2.24) is 10.6 Å². The Balaban J connectivity index is 1.78. The van der Waals surface area contributed by atoms with E-state index in [1.54, 1.807) is 6.92 Å². The van der Waals surface area contributed by atoms with Gasteiger partial charge in [0.15, 0.2) is 6.10 Å². The van der Waals surface area contributed by atoms with Crippen LogP contribution in [0.3, 0.4) is 0 Å². The second-order valence-corrected chi connectivity index (χ2v) is 12.4. The zero-order valence-corrected chi connectivity index (χ0v) is 27.2. The van der Waals surface area contributed by atoms with Crippen molar-refractivity contribution in [3.05, 3.63) is 95.6 Å². The highest BCUT2D eigenvalue weighted by Gasteiger charge is 2.39. The molecule has 2 amide bonds. The van der Waals surface area contributed by atoms with Gasteiger partial charge in [0.1, 0.15) is 6.04 Å². The summed E-state index contributed by atoms with van der Waals surface area (Å²) in [6.45, 7) is 11.7. The van der Waals surface area contributed by atoms with E-state index in [1.807, 2.05) is 76.2 Å². The van der Waals surface area contributed by atoms with Crippen molar-refractivity contribution in [3.63, 3.8) is 0 Å². The molecule has 2 unspecified atom stereocenters. The van der Waals surface area contributed by atoms with Gasteiger partial charge in [0.2, 0.25) is 11.8 Å². The number of nitrogens with one attached hydrogen (secondary N) is 2. The number of amides is 2. The van der Waals surface area contributed by atoms with E-state index in [4.69, 9.17) is 9.47 Å². The second kappa shape index (κ2) is 16.2. The maximum atomic E-state index is 13.9. The van der Waals surface area contributed by atoms with Crippen LogP contribution in [0.1, 0.15) is 70.2 Å². The van der Waals surface area contributed by atoms with E-state index in [9.17, 15) is 14.4 Å². The summed E-state index contributed by atoms with van der Waals surface area (Å²) < 4.78 is 10.8. The van der Waals surface area contributed by atoms with Crippen molar-refractivity contribution in [1.29, 1.82) is 0 Å². The molecule has 0 radical (unpaired) electrons. The van der Waals surface area contributed by atoms with Gasteiger partial charge >= 0.3 is 5.97 Å². The van der Waals surface area contributed by atoms with E-state index in [2.05, 4.69) is 47.9 Å². The second-order valence-electron chi connectivity index (χ2n) is 12.4. The van der Waals surface area contributed by atoms with E-state index < -0.39 is 35.4 Å². The minimum atomic E-state index is -1.08. The van der Waals surface area contributed by atoms with E-state index in [0.717, 1.165) is 17.5 Å². The van der Waals surface area contributed by atoms with Crippen molar-refractivity contribution in [2.24, 2.45) is 11.3 Å². The van der Waals surface area contributed by atoms with Crippen LogP contribution < -0.4 is 10.6 Å². The summed E-state index contributed by atoms with van der Waals surface area (Å²) in [5, 5.41) is 6.02. The van der Waals surface area contributed by atoms with Gasteiger partial charge in [-0.1, -0.05) is 99.6 Å². The zero-order valence-electron chi connectivity index (χ0n) is 27.2. The van der Waals surface area contributed by atoms with Crippen molar-refractivity contribution in [2.75, 3.05) is 13.7 Å². The minimum Gasteiger partial charge on any atom is -0.467 e. The SMILES string of the molecule is CCOC(C(=O)OC)[C@@H](CCCc1ccc(-c2ccccc2)c(C)c1)C(=O)N[C@H](C(=O)NC(C)c1ccccc1)C(C)(C)C. The molecule has 7 nitrogen and oxygen atoms in total. The molecule has 3 aromatic carbocycles. The van der Waals surface area contributed by atoms with Crippen LogP contribution in [-0.4, -0.2) is 43.6 Å². The summed E-state index contributed by atoms with van der Waals surface area (Å²) in [5.41, 5.74) is 5.04. The number of esters is 1. The maximum absolute atomic E-state index is 13.9. The van der Waals surface area contributed by atoms with Gasteiger partial charge < -0.3 is 20.1 Å². The molecule has 0 saturated heterocycles. The van der Waals surface area contributed by atoms with Crippen LogP contribution in [-0.2, 0) is 30.3 Å². The molecule has 0 spiro atoms. The molecule has 0 saturated carbocycles. The summed E-state index contributed by atoms with van der Waals surface area (Å²) in [6.07, 6.45) is 0.654. The molecule has 2 N–H and O–H groups in total. The first-order valence-corrected chi connectivity index (χ1v) is 15.5. The highest BCUT2D eigenvalue weighted by molar-refractivity contribution is 5.92.